The van der Waals surface area contributed by atoms with Gasteiger partial charge >= 0.3 is 20.4 Å². The van der Waals surface area contributed by atoms with Crippen molar-refractivity contribution < 1.29 is 20.4 Å². The van der Waals surface area contributed by atoms with Crippen LogP contribution in [-0.4, -0.2) is 29.1 Å². The molecule has 28 heavy (non-hydrogen) atoms. The molecule has 6 nitrogen and oxygen atoms in total. The van der Waals surface area contributed by atoms with Gasteiger partial charge in [-0.3, -0.25) is 9.97 Å². The Morgan fingerprint density at radius 3 is 1.54 bits per heavy atom. The molecule has 0 radical (unpaired) electrons. The minimum atomic E-state index is -0.380. The molecule has 4 rings (SSSR count). The number of imidazole rings is 2. The molecule has 0 saturated carbocycles. The van der Waals surface area contributed by atoms with Gasteiger partial charge in [-0.15, -0.1) is 0 Å². The van der Waals surface area contributed by atoms with E-state index in [1.54, 1.807) is 12.4 Å². The zero-order valence-electron chi connectivity index (χ0n) is 16.1. The summed E-state index contributed by atoms with van der Waals surface area (Å²) in [5.74, 6) is 1.59. The van der Waals surface area contributed by atoms with E-state index in [4.69, 9.17) is 9.97 Å². The van der Waals surface area contributed by atoms with E-state index in [1.165, 1.54) is 0 Å². The summed E-state index contributed by atoms with van der Waals surface area (Å²) in [5, 5.41) is 0. The average Bonchev–Trinajstić information content (AvgIpc) is 3.30. The van der Waals surface area contributed by atoms with Gasteiger partial charge in [0.15, 0.2) is 0 Å². The van der Waals surface area contributed by atoms with Crippen LogP contribution in [0.4, 0.5) is 0 Å². The topological polar surface area (TPSA) is 61.4 Å². The molecule has 0 aromatic carbocycles. The molecular weight excluding hydrogens is 443 g/mol. The van der Waals surface area contributed by atoms with Crippen LogP contribution < -0.4 is 0 Å². The molecule has 0 aliphatic heterocycles. The first-order valence-corrected chi connectivity index (χ1v) is 8.77. The van der Waals surface area contributed by atoms with Gasteiger partial charge in [0.1, 0.15) is 0 Å². The standard InChI is InChI=1S/C21H20N6.Pd/c1-15-11-22-13-26(15)19-9-5-7-17(24-19)21(3,4)18-8-6-10-20(25-18)27-14-23-12-16(27)2;/h5-12H,1-4H3;/q-2;+2. The molecule has 0 saturated heterocycles. The molecule has 4 heterocycles. The van der Waals surface area contributed by atoms with Crippen LogP contribution >= 0.6 is 0 Å². The first-order chi connectivity index (χ1) is 13.0. The molecule has 0 fully saturated rings. The smallest absolute Gasteiger partial charge is 0.416 e. The molecule has 4 aromatic heterocycles. The Labute approximate surface area is 178 Å². The van der Waals surface area contributed by atoms with Crippen LogP contribution in [-0.2, 0) is 25.8 Å². The quantitative estimate of drug-likeness (QED) is 0.344. The van der Waals surface area contributed by atoms with Crippen LogP contribution in [0, 0.1) is 26.5 Å². The third-order valence-corrected chi connectivity index (χ3v) is 4.73. The average molecular weight is 463 g/mol. The number of aryl methyl sites for hydroxylation is 2. The molecule has 7 heteroatoms. The van der Waals surface area contributed by atoms with E-state index in [-0.39, 0.29) is 25.8 Å². The van der Waals surface area contributed by atoms with Crippen molar-refractivity contribution in [2.45, 2.75) is 33.1 Å². The van der Waals surface area contributed by atoms with Crippen LogP contribution in [0.2, 0.25) is 0 Å². The molecule has 0 unspecified atom stereocenters. The van der Waals surface area contributed by atoms with Crippen molar-refractivity contribution in [3.63, 3.8) is 0 Å². The summed E-state index contributed by atoms with van der Waals surface area (Å²) in [5.41, 5.74) is 3.46. The number of nitrogens with zero attached hydrogens (tertiary/aromatic N) is 6. The van der Waals surface area contributed by atoms with Crippen molar-refractivity contribution in [2.24, 2.45) is 0 Å². The SMILES string of the molecule is Cc1cn[c-]n1-c1cccc(C(C)(C)c2cccc(-n3[c-]ncc3C)n2)n1.[Pd+2]. The number of hydrogen-bond donors (Lipinski definition) is 0. The maximum Gasteiger partial charge on any atom is 2.00 e. The minimum absolute atomic E-state index is 0. The molecule has 4 aromatic rings. The Hall–Kier alpha value is -2.62. The Kier molecular flexibility index (Phi) is 5.60. The van der Waals surface area contributed by atoms with Crippen LogP contribution in [0.5, 0.6) is 0 Å². The van der Waals surface area contributed by atoms with E-state index < -0.39 is 0 Å². The van der Waals surface area contributed by atoms with E-state index in [0.29, 0.717) is 0 Å². The van der Waals surface area contributed by atoms with Gasteiger partial charge in [-0.1, -0.05) is 61.9 Å². The molecule has 0 aliphatic rings. The first kappa shape index (κ1) is 20.1. The summed E-state index contributed by atoms with van der Waals surface area (Å²) in [6.45, 7) is 8.22. The summed E-state index contributed by atoms with van der Waals surface area (Å²) in [6.07, 6.45) is 9.44. The van der Waals surface area contributed by atoms with Crippen molar-refractivity contribution >= 4 is 0 Å². The Bertz CT molecular complexity index is 1010. The third-order valence-electron chi connectivity index (χ3n) is 4.73. The largest absolute Gasteiger partial charge is 2.00 e. The van der Waals surface area contributed by atoms with E-state index >= 15 is 0 Å². The Morgan fingerprint density at radius 2 is 1.18 bits per heavy atom. The summed E-state index contributed by atoms with van der Waals surface area (Å²) < 4.78 is 3.71. The number of hydrogen-bond acceptors (Lipinski definition) is 4. The predicted octanol–water partition coefficient (Wildman–Crippen LogP) is 3.39. The molecular formula is C21H20N6Pd. The van der Waals surface area contributed by atoms with Crippen molar-refractivity contribution in [1.29, 1.82) is 0 Å². The second-order valence-electron chi connectivity index (χ2n) is 7.06. The second-order valence-corrected chi connectivity index (χ2v) is 7.06. The van der Waals surface area contributed by atoms with Crippen molar-refractivity contribution in [3.05, 3.63) is 84.2 Å². The van der Waals surface area contributed by atoms with Gasteiger partial charge in [0.2, 0.25) is 0 Å². The van der Waals surface area contributed by atoms with Gasteiger partial charge in [0, 0.05) is 29.5 Å². The van der Waals surface area contributed by atoms with E-state index in [2.05, 4.69) is 36.5 Å². The molecule has 0 N–H and O–H groups in total. The second kappa shape index (κ2) is 7.78. The van der Waals surface area contributed by atoms with Gasteiger partial charge in [0.05, 0.1) is 11.6 Å². The van der Waals surface area contributed by atoms with E-state index in [0.717, 1.165) is 34.4 Å². The molecule has 0 aliphatic carbocycles. The summed E-state index contributed by atoms with van der Waals surface area (Å²) in [4.78, 5) is 17.9. The maximum absolute atomic E-state index is 4.86. The van der Waals surface area contributed by atoms with Crippen LogP contribution in [0.15, 0.2) is 48.8 Å². The fraction of sp³-hybridized carbons (Fsp3) is 0.238. The minimum Gasteiger partial charge on any atom is -0.416 e. The van der Waals surface area contributed by atoms with Crippen molar-refractivity contribution in [2.75, 3.05) is 0 Å². The van der Waals surface area contributed by atoms with Crippen LogP contribution in [0.25, 0.3) is 11.6 Å². The first-order valence-electron chi connectivity index (χ1n) is 8.77. The normalized spacial score (nSPS) is 11.3. The fourth-order valence-corrected chi connectivity index (χ4v) is 3.02. The van der Waals surface area contributed by atoms with Gasteiger partial charge in [0.25, 0.3) is 0 Å². The Balaban J connectivity index is 0.00000225. The zero-order valence-corrected chi connectivity index (χ0v) is 17.7. The van der Waals surface area contributed by atoms with E-state index in [9.17, 15) is 0 Å². The fourth-order valence-electron chi connectivity index (χ4n) is 3.02. The summed E-state index contributed by atoms with van der Waals surface area (Å²) >= 11 is 0. The monoisotopic (exact) mass is 462 g/mol. The molecule has 0 spiro atoms. The van der Waals surface area contributed by atoms with E-state index in [1.807, 2.05) is 59.4 Å². The van der Waals surface area contributed by atoms with Gasteiger partial charge in [-0.05, 0) is 26.0 Å². The third kappa shape index (κ3) is 3.56. The van der Waals surface area contributed by atoms with Crippen LogP contribution in [0.1, 0.15) is 36.6 Å². The molecule has 0 atom stereocenters. The van der Waals surface area contributed by atoms with Gasteiger partial charge < -0.3 is 19.1 Å². The number of pyridine rings is 2. The zero-order chi connectivity index (χ0) is 19.0. The number of rotatable bonds is 4. The maximum atomic E-state index is 4.86. The Morgan fingerprint density at radius 1 is 0.750 bits per heavy atom. The predicted molar refractivity (Wildman–Crippen MR) is 102 cm³/mol. The molecule has 144 valence electrons. The summed E-state index contributed by atoms with van der Waals surface area (Å²) in [7, 11) is 0. The van der Waals surface area contributed by atoms with Gasteiger partial charge in [-0.25, -0.2) is 0 Å². The number of aromatic nitrogens is 6. The van der Waals surface area contributed by atoms with Crippen LogP contribution in [0.3, 0.4) is 0 Å². The summed E-state index contributed by atoms with van der Waals surface area (Å²) in [6, 6.07) is 12.0. The van der Waals surface area contributed by atoms with Crippen molar-refractivity contribution in [1.82, 2.24) is 29.1 Å². The molecule has 0 amide bonds. The molecule has 0 bridgehead atoms. The van der Waals surface area contributed by atoms with Gasteiger partial charge in [-0.2, -0.15) is 0 Å². The van der Waals surface area contributed by atoms with Crippen molar-refractivity contribution in [3.8, 4) is 11.6 Å².